The SMILES string of the molecule is CCCCCCCCOC(CCCCC(=O)OCC(COC(=O)CCCCC(OCCCCCCCC)OCCCCCCCC)NCCCCN1CCCC1)OCCCCCCCC. The van der Waals surface area contributed by atoms with Gasteiger partial charge in [-0.1, -0.05) is 156 Å². The fraction of sp³-hybridized carbons (Fsp3) is 0.964. The van der Waals surface area contributed by atoms with Crippen LogP contribution in [-0.4, -0.2) is 101 Å². The van der Waals surface area contributed by atoms with E-state index in [4.69, 9.17) is 28.4 Å². The lowest BCUT2D eigenvalue weighted by atomic mass is 10.1. The minimum Gasteiger partial charge on any atom is -0.464 e. The first-order valence-corrected chi connectivity index (χ1v) is 28.3. The Morgan fingerprint density at radius 3 is 1.15 bits per heavy atom. The van der Waals surface area contributed by atoms with Gasteiger partial charge in [0.05, 0.1) is 6.04 Å². The van der Waals surface area contributed by atoms with Gasteiger partial charge in [0, 0.05) is 39.3 Å². The van der Waals surface area contributed by atoms with Crippen LogP contribution in [0.4, 0.5) is 0 Å². The van der Waals surface area contributed by atoms with E-state index in [-0.39, 0.29) is 43.8 Å². The van der Waals surface area contributed by atoms with E-state index in [2.05, 4.69) is 37.9 Å². The summed E-state index contributed by atoms with van der Waals surface area (Å²) in [7, 11) is 0. The summed E-state index contributed by atoms with van der Waals surface area (Å²) < 4.78 is 36.4. The second-order valence-corrected chi connectivity index (χ2v) is 19.2. The van der Waals surface area contributed by atoms with Gasteiger partial charge >= 0.3 is 11.9 Å². The predicted molar refractivity (Wildman–Crippen MR) is 270 cm³/mol. The average molecular weight is 925 g/mol. The smallest absolute Gasteiger partial charge is 0.305 e. The number of carbonyl (C=O) groups is 2. The Bertz CT molecular complexity index is 899. The molecule has 0 aromatic rings. The van der Waals surface area contributed by atoms with E-state index in [1.807, 2.05) is 0 Å². The van der Waals surface area contributed by atoms with E-state index in [9.17, 15) is 9.59 Å². The molecular weight excluding hydrogens is 817 g/mol. The standard InChI is InChI=1S/C55H108N2O8/c1-5-9-13-17-21-33-45-60-54(61-46-34-22-18-14-10-6-2)39-27-25-37-52(58)64-49-51(56-41-29-30-42-57-43-31-32-44-57)50-65-53(59)38-26-28-40-55(62-47-35-23-19-15-11-7-3)63-48-36-24-20-16-12-8-4/h51,54-56H,5-50H2,1-4H3. The molecule has 0 aliphatic carbocycles. The highest BCUT2D eigenvalue weighted by Crippen LogP contribution is 2.16. The summed E-state index contributed by atoms with van der Waals surface area (Å²) in [5.41, 5.74) is 0. The van der Waals surface area contributed by atoms with Crippen LogP contribution in [0.1, 0.15) is 259 Å². The number of likely N-dealkylation sites (tertiary alicyclic amines) is 1. The van der Waals surface area contributed by atoms with E-state index in [0.29, 0.717) is 12.8 Å². The fourth-order valence-corrected chi connectivity index (χ4v) is 8.45. The molecule has 65 heavy (non-hydrogen) atoms. The van der Waals surface area contributed by atoms with Crippen molar-refractivity contribution >= 4 is 11.9 Å². The monoisotopic (exact) mass is 925 g/mol. The van der Waals surface area contributed by atoms with E-state index in [1.165, 1.54) is 154 Å². The van der Waals surface area contributed by atoms with Crippen molar-refractivity contribution in [2.45, 2.75) is 277 Å². The van der Waals surface area contributed by atoms with Crippen LogP contribution in [0.5, 0.6) is 0 Å². The van der Waals surface area contributed by atoms with Crippen molar-refractivity contribution in [2.75, 3.05) is 65.8 Å². The summed E-state index contributed by atoms with van der Waals surface area (Å²) in [6.45, 7) is 16.7. The third-order valence-corrected chi connectivity index (χ3v) is 12.8. The first-order chi connectivity index (χ1) is 32.0. The van der Waals surface area contributed by atoms with Gasteiger partial charge in [-0.05, 0) is 116 Å². The molecule has 1 rings (SSSR count). The largest absolute Gasteiger partial charge is 0.464 e. The number of esters is 2. The molecule has 10 nitrogen and oxygen atoms in total. The maximum atomic E-state index is 12.9. The minimum atomic E-state index is -0.236. The van der Waals surface area contributed by atoms with Crippen LogP contribution in [-0.2, 0) is 38.0 Å². The molecule has 1 saturated heterocycles. The Kier molecular flexibility index (Phi) is 46.7. The third-order valence-electron chi connectivity index (χ3n) is 12.8. The normalized spacial score (nSPS) is 13.3. The number of hydrogen-bond donors (Lipinski definition) is 1. The van der Waals surface area contributed by atoms with Crippen LogP contribution in [0.15, 0.2) is 0 Å². The van der Waals surface area contributed by atoms with E-state index in [0.717, 1.165) is 117 Å². The number of hydrogen-bond acceptors (Lipinski definition) is 10. The number of rotatable bonds is 52. The van der Waals surface area contributed by atoms with Gasteiger partial charge in [0.1, 0.15) is 13.2 Å². The van der Waals surface area contributed by atoms with Crippen LogP contribution in [0.2, 0.25) is 0 Å². The Morgan fingerprint density at radius 1 is 0.431 bits per heavy atom. The van der Waals surface area contributed by atoms with E-state index in [1.54, 1.807) is 0 Å². The molecule has 0 atom stereocenters. The highest BCUT2D eigenvalue weighted by atomic mass is 16.7. The molecule has 0 unspecified atom stereocenters. The van der Waals surface area contributed by atoms with Gasteiger partial charge in [-0.2, -0.15) is 0 Å². The zero-order valence-corrected chi connectivity index (χ0v) is 43.5. The topological polar surface area (TPSA) is 105 Å². The van der Waals surface area contributed by atoms with Crippen molar-refractivity contribution in [3.63, 3.8) is 0 Å². The maximum absolute atomic E-state index is 12.9. The van der Waals surface area contributed by atoms with Gasteiger partial charge in [-0.25, -0.2) is 0 Å². The Hall–Kier alpha value is -1.30. The molecule has 0 spiro atoms. The molecule has 0 radical (unpaired) electrons. The zero-order chi connectivity index (χ0) is 46.9. The lowest BCUT2D eigenvalue weighted by molar-refractivity contribution is -0.151. The molecule has 0 aromatic carbocycles. The number of carbonyl (C=O) groups excluding carboxylic acids is 2. The average Bonchev–Trinajstić information content (AvgIpc) is 3.84. The maximum Gasteiger partial charge on any atom is 0.305 e. The highest BCUT2D eigenvalue weighted by Gasteiger charge is 2.17. The van der Waals surface area contributed by atoms with Gasteiger partial charge in [0.15, 0.2) is 12.6 Å². The first kappa shape index (κ1) is 61.7. The van der Waals surface area contributed by atoms with Crippen molar-refractivity contribution in [2.24, 2.45) is 0 Å². The van der Waals surface area contributed by atoms with Crippen LogP contribution in [0, 0.1) is 0 Å². The molecule has 386 valence electrons. The quantitative estimate of drug-likeness (QED) is 0.0360. The lowest BCUT2D eigenvalue weighted by Crippen LogP contribution is -2.39. The van der Waals surface area contributed by atoms with Crippen molar-refractivity contribution in [1.82, 2.24) is 10.2 Å². The number of nitrogens with one attached hydrogen (secondary N) is 1. The van der Waals surface area contributed by atoms with E-state index >= 15 is 0 Å². The molecule has 1 aliphatic rings. The molecule has 0 bridgehead atoms. The summed E-state index contributed by atoms with van der Waals surface area (Å²) in [6, 6.07) is -0.236. The molecule has 1 heterocycles. The second-order valence-electron chi connectivity index (χ2n) is 19.2. The molecule has 1 N–H and O–H groups in total. The first-order valence-electron chi connectivity index (χ1n) is 28.3. The predicted octanol–water partition coefficient (Wildman–Crippen LogP) is 14.2. The summed E-state index contributed by atoms with van der Waals surface area (Å²) in [6.07, 6.45) is 39.5. The summed E-state index contributed by atoms with van der Waals surface area (Å²) in [5, 5.41) is 3.53. The van der Waals surface area contributed by atoms with Crippen LogP contribution < -0.4 is 5.32 Å². The van der Waals surface area contributed by atoms with Crippen LogP contribution >= 0.6 is 0 Å². The van der Waals surface area contributed by atoms with E-state index < -0.39 is 0 Å². The van der Waals surface area contributed by atoms with Gasteiger partial charge in [0.2, 0.25) is 0 Å². The summed E-state index contributed by atoms with van der Waals surface area (Å²) in [5.74, 6) is -0.414. The molecule has 10 heteroatoms. The zero-order valence-electron chi connectivity index (χ0n) is 43.5. The second kappa shape index (κ2) is 49.1. The van der Waals surface area contributed by atoms with Crippen LogP contribution in [0.3, 0.4) is 0 Å². The summed E-state index contributed by atoms with van der Waals surface area (Å²) in [4.78, 5) is 28.4. The van der Waals surface area contributed by atoms with Gasteiger partial charge in [0.25, 0.3) is 0 Å². The van der Waals surface area contributed by atoms with Crippen molar-refractivity contribution in [3.8, 4) is 0 Å². The van der Waals surface area contributed by atoms with Crippen molar-refractivity contribution in [1.29, 1.82) is 0 Å². The van der Waals surface area contributed by atoms with Crippen molar-refractivity contribution in [3.05, 3.63) is 0 Å². The molecule has 1 aliphatic heterocycles. The molecule has 1 fully saturated rings. The van der Waals surface area contributed by atoms with Gasteiger partial charge in [-0.15, -0.1) is 0 Å². The lowest BCUT2D eigenvalue weighted by Gasteiger charge is -2.20. The molecule has 0 aromatic heterocycles. The van der Waals surface area contributed by atoms with Crippen molar-refractivity contribution < 1.29 is 38.0 Å². The third kappa shape index (κ3) is 42.5. The number of ether oxygens (including phenoxy) is 6. The van der Waals surface area contributed by atoms with Crippen LogP contribution in [0.25, 0.3) is 0 Å². The summed E-state index contributed by atoms with van der Waals surface area (Å²) >= 11 is 0. The minimum absolute atomic E-state index is 0.192. The van der Waals surface area contributed by atoms with Gasteiger partial charge in [-0.3, -0.25) is 9.59 Å². The Labute approximate surface area is 402 Å². The molecule has 0 amide bonds. The number of nitrogens with zero attached hydrogens (tertiary/aromatic N) is 1. The Morgan fingerprint density at radius 2 is 0.785 bits per heavy atom. The fourth-order valence-electron chi connectivity index (χ4n) is 8.45. The number of unbranched alkanes of at least 4 members (excludes halogenated alkanes) is 23. The Balaban J connectivity index is 2.53. The molecular formula is C55H108N2O8. The van der Waals surface area contributed by atoms with Gasteiger partial charge < -0.3 is 38.6 Å². The molecule has 0 saturated carbocycles. The highest BCUT2D eigenvalue weighted by molar-refractivity contribution is 5.69.